The highest BCUT2D eigenvalue weighted by Gasteiger charge is 2.21. The Morgan fingerprint density at radius 3 is 2.55 bits per heavy atom. The summed E-state index contributed by atoms with van der Waals surface area (Å²) in [6.07, 6.45) is 1.43. The van der Waals surface area contributed by atoms with Gasteiger partial charge in [0, 0.05) is 15.2 Å². The molecule has 0 saturated carbocycles. The van der Waals surface area contributed by atoms with Gasteiger partial charge in [-0.25, -0.2) is 13.2 Å². The molecule has 1 aromatic rings. The first-order valence-corrected chi connectivity index (χ1v) is 9.22. The van der Waals surface area contributed by atoms with Crippen LogP contribution in [-0.4, -0.2) is 20.5 Å². The van der Waals surface area contributed by atoms with E-state index >= 15 is 0 Å². The minimum Gasteiger partial charge on any atom is -0.459 e. The molecule has 0 N–H and O–H groups in total. The summed E-state index contributed by atoms with van der Waals surface area (Å²) in [5.74, 6) is -0.553. The summed E-state index contributed by atoms with van der Waals surface area (Å²) in [5.41, 5.74) is 0.773. The molecule has 0 aromatic heterocycles. The van der Waals surface area contributed by atoms with Crippen LogP contribution in [0.5, 0.6) is 0 Å². The van der Waals surface area contributed by atoms with Crippen molar-refractivity contribution in [1.82, 2.24) is 0 Å². The first-order valence-electron chi connectivity index (χ1n) is 6.12. The molecule has 1 rings (SSSR count). The molecule has 0 aliphatic rings. The molecule has 0 bridgehead atoms. The van der Waals surface area contributed by atoms with Crippen molar-refractivity contribution in [3.63, 3.8) is 0 Å². The van der Waals surface area contributed by atoms with Gasteiger partial charge >= 0.3 is 5.97 Å². The van der Waals surface area contributed by atoms with Crippen molar-refractivity contribution < 1.29 is 17.9 Å². The number of halogens is 2. The molecule has 0 aliphatic carbocycles. The van der Waals surface area contributed by atoms with Gasteiger partial charge in [-0.05, 0) is 53.9 Å². The quantitative estimate of drug-likeness (QED) is 0.569. The van der Waals surface area contributed by atoms with E-state index in [4.69, 9.17) is 15.4 Å². The molecule has 7 heteroatoms. The first-order chi connectivity index (χ1) is 9.16. The molecule has 0 fully saturated rings. The molecular formula is C13H16BrClO4S. The van der Waals surface area contributed by atoms with Crippen molar-refractivity contribution in [3.8, 4) is 0 Å². The maximum Gasteiger partial charge on any atom is 0.338 e. The van der Waals surface area contributed by atoms with Gasteiger partial charge in [0.05, 0.1) is 16.6 Å². The predicted molar refractivity (Wildman–Crippen MR) is 81.7 cm³/mol. The molecule has 0 amide bonds. The van der Waals surface area contributed by atoms with E-state index in [9.17, 15) is 13.2 Å². The number of ether oxygens (including phenoxy) is 1. The Morgan fingerprint density at radius 2 is 2.05 bits per heavy atom. The Kier molecular flexibility index (Phi) is 6.04. The Morgan fingerprint density at radius 1 is 1.45 bits per heavy atom. The van der Waals surface area contributed by atoms with Crippen molar-refractivity contribution in [2.75, 3.05) is 0 Å². The number of carbonyl (C=O) groups excluding carboxylic acids is 1. The highest BCUT2D eigenvalue weighted by molar-refractivity contribution is 9.10. The van der Waals surface area contributed by atoms with Gasteiger partial charge in [-0.2, -0.15) is 0 Å². The van der Waals surface area contributed by atoms with E-state index < -0.39 is 15.0 Å². The van der Waals surface area contributed by atoms with Crippen LogP contribution in [0.15, 0.2) is 21.5 Å². The fraction of sp³-hybridized carbons (Fsp3) is 0.462. The molecule has 1 atom stereocenters. The molecule has 0 heterocycles. The molecule has 112 valence electrons. The highest BCUT2D eigenvalue weighted by atomic mass is 79.9. The lowest BCUT2D eigenvalue weighted by Crippen LogP contribution is -2.15. The summed E-state index contributed by atoms with van der Waals surface area (Å²) in [4.78, 5) is 11.9. The van der Waals surface area contributed by atoms with E-state index in [2.05, 4.69) is 15.9 Å². The molecular weight excluding hydrogens is 368 g/mol. The fourth-order valence-corrected chi connectivity index (χ4v) is 3.90. The number of rotatable bonds is 5. The zero-order chi connectivity index (χ0) is 15.5. The summed E-state index contributed by atoms with van der Waals surface area (Å²) in [6, 6.07) is 2.79. The number of benzene rings is 1. The smallest absolute Gasteiger partial charge is 0.338 e. The lowest BCUT2D eigenvalue weighted by Gasteiger charge is -2.13. The van der Waals surface area contributed by atoms with Gasteiger partial charge in [-0.3, -0.25) is 0 Å². The van der Waals surface area contributed by atoms with Crippen LogP contribution < -0.4 is 0 Å². The van der Waals surface area contributed by atoms with Crippen LogP contribution >= 0.6 is 26.6 Å². The predicted octanol–water partition coefficient (Wildman–Crippen LogP) is 4.03. The van der Waals surface area contributed by atoms with E-state index in [1.807, 2.05) is 6.92 Å². The van der Waals surface area contributed by atoms with Crippen LogP contribution in [0.25, 0.3) is 0 Å². The van der Waals surface area contributed by atoms with Gasteiger partial charge in [0.15, 0.2) is 0 Å². The Hall–Kier alpha value is -0.590. The lowest BCUT2D eigenvalue weighted by atomic mass is 10.1. The second-order valence-corrected chi connectivity index (χ2v) is 7.88. The summed E-state index contributed by atoms with van der Waals surface area (Å²) in [5, 5.41) is 0. The summed E-state index contributed by atoms with van der Waals surface area (Å²) in [6.45, 7) is 5.47. The molecule has 4 nitrogen and oxygen atoms in total. The monoisotopic (exact) mass is 382 g/mol. The van der Waals surface area contributed by atoms with Crippen LogP contribution in [0.2, 0.25) is 0 Å². The van der Waals surface area contributed by atoms with E-state index in [1.54, 1.807) is 19.9 Å². The van der Waals surface area contributed by atoms with Crippen LogP contribution in [0.4, 0.5) is 0 Å². The Labute approximate surface area is 132 Å². The average Bonchev–Trinajstić information content (AvgIpc) is 2.30. The van der Waals surface area contributed by atoms with Crippen LogP contribution in [0.3, 0.4) is 0 Å². The standard InChI is InChI=1S/C13H16BrClO4S/c1-4-5-9(3)19-13(16)10-6-8(2)12(14)11(7-10)20(15,17)18/h6-7,9H,4-5H2,1-3H3. The van der Waals surface area contributed by atoms with E-state index in [0.717, 1.165) is 12.8 Å². The molecule has 1 unspecified atom stereocenters. The maximum absolute atomic E-state index is 12.0. The average molecular weight is 384 g/mol. The Bertz CT molecular complexity index is 613. The maximum atomic E-state index is 12.0. The number of hydrogen-bond acceptors (Lipinski definition) is 4. The Balaban J connectivity index is 3.15. The molecule has 0 saturated heterocycles. The normalized spacial score (nSPS) is 13.1. The van der Waals surface area contributed by atoms with Gasteiger partial charge in [0.1, 0.15) is 0 Å². The number of carbonyl (C=O) groups is 1. The zero-order valence-electron chi connectivity index (χ0n) is 11.4. The fourth-order valence-electron chi connectivity index (χ4n) is 1.75. The lowest BCUT2D eigenvalue weighted by molar-refractivity contribution is 0.0323. The molecule has 0 spiro atoms. The van der Waals surface area contributed by atoms with E-state index in [1.165, 1.54) is 6.07 Å². The minimum atomic E-state index is -3.93. The summed E-state index contributed by atoms with van der Waals surface area (Å²) < 4.78 is 28.6. The van der Waals surface area contributed by atoms with Crippen molar-refractivity contribution in [1.29, 1.82) is 0 Å². The van der Waals surface area contributed by atoms with E-state index in [0.29, 0.717) is 10.0 Å². The second-order valence-electron chi connectivity index (χ2n) is 4.55. The molecule has 1 aromatic carbocycles. The molecule has 0 aliphatic heterocycles. The number of aryl methyl sites for hydroxylation is 1. The number of hydrogen-bond donors (Lipinski definition) is 0. The van der Waals surface area contributed by atoms with Gasteiger partial charge < -0.3 is 4.74 Å². The van der Waals surface area contributed by atoms with Crippen LogP contribution in [0, 0.1) is 6.92 Å². The minimum absolute atomic E-state index is 0.130. The third-order valence-electron chi connectivity index (χ3n) is 2.72. The van der Waals surface area contributed by atoms with Gasteiger partial charge in [-0.15, -0.1) is 0 Å². The van der Waals surface area contributed by atoms with Crippen molar-refractivity contribution >= 4 is 41.6 Å². The van der Waals surface area contributed by atoms with E-state index in [-0.39, 0.29) is 16.6 Å². The summed E-state index contributed by atoms with van der Waals surface area (Å²) in [7, 11) is 1.42. The molecule has 0 radical (unpaired) electrons. The van der Waals surface area contributed by atoms with Gasteiger partial charge in [-0.1, -0.05) is 13.3 Å². The third-order valence-corrected chi connectivity index (χ3v) is 5.38. The zero-order valence-corrected chi connectivity index (χ0v) is 14.6. The molecule has 20 heavy (non-hydrogen) atoms. The van der Waals surface area contributed by atoms with Gasteiger partial charge in [0.25, 0.3) is 9.05 Å². The SMILES string of the molecule is CCCC(C)OC(=O)c1cc(C)c(Br)c(S(=O)(=O)Cl)c1. The van der Waals surface area contributed by atoms with Gasteiger partial charge in [0.2, 0.25) is 0 Å². The van der Waals surface area contributed by atoms with Crippen LogP contribution in [0.1, 0.15) is 42.6 Å². The summed E-state index contributed by atoms with van der Waals surface area (Å²) >= 11 is 3.16. The van der Waals surface area contributed by atoms with Crippen molar-refractivity contribution in [3.05, 3.63) is 27.7 Å². The van der Waals surface area contributed by atoms with Crippen LogP contribution in [-0.2, 0) is 13.8 Å². The third kappa shape index (κ3) is 4.46. The largest absolute Gasteiger partial charge is 0.459 e. The second kappa shape index (κ2) is 6.91. The van der Waals surface area contributed by atoms with Crippen molar-refractivity contribution in [2.45, 2.75) is 44.6 Å². The number of esters is 1. The van der Waals surface area contributed by atoms with Crippen molar-refractivity contribution in [2.24, 2.45) is 0 Å². The first kappa shape index (κ1) is 17.5. The highest BCUT2D eigenvalue weighted by Crippen LogP contribution is 2.30. The topological polar surface area (TPSA) is 60.4 Å².